The summed E-state index contributed by atoms with van der Waals surface area (Å²) in [6, 6.07) is 6.87. The largest absolute Gasteiger partial charge is 0.462 e. The van der Waals surface area contributed by atoms with Crippen LogP contribution in [0.25, 0.3) is 0 Å². The number of carbonyl (C=O) groups excluding carboxylic acids is 2. The molecule has 1 saturated carbocycles. The predicted molar refractivity (Wildman–Crippen MR) is 86.2 cm³/mol. The van der Waals surface area contributed by atoms with Crippen molar-refractivity contribution in [2.45, 2.75) is 45.4 Å². The van der Waals surface area contributed by atoms with Crippen molar-refractivity contribution in [1.82, 2.24) is 0 Å². The Morgan fingerprint density at radius 1 is 1.14 bits per heavy atom. The SMILES string of the molecule is CCOC(=O)c1ccc(NN=C2CCCCCCC2=O)cc1. The Bertz CT molecular complexity index is 550. The molecule has 118 valence electrons. The van der Waals surface area contributed by atoms with E-state index < -0.39 is 0 Å². The van der Waals surface area contributed by atoms with E-state index in [0.29, 0.717) is 24.3 Å². The van der Waals surface area contributed by atoms with Gasteiger partial charge in [-0.25, -0.2) is 4.79 Å². The molecule has 1 fully saturated rings. The van der Waals surface area contributed by atoms with Crippen LogP contribution in [0.2, 0.25) is 0 Å². The molecule has 0 heterocycles. The first-order valence-electron chi connectivity index (χ1n) is 7.83. The molecule has 5 heteroatoms. The number of hydrogen-bond acceptors (Lipinski definition) is 5. The van der Waals surface area contributed by atoms with E-state index in [1.807, 2.05) is 0 Å². The molecule has 1 aromatic carbocycles. The number of hydrogen-bond donors (Lipinski definition) is 1. The maximum absolute atomic E-state index is 12.0. The van der Waals surface area contributed by atoms with E-state index in [0.717, 1.165) is 37.8 Å². The van der Waals surface area contributed by atoms with E-state index in [9.17, 15) is 9.59 Å². The third kappa shape index (κ3) is 4.69. The average Bonchev–Trinajstić information content (AvgIpc) is 2.51. The van der Waals surface area contributed by atoms with Crippen LogP contribution in [0.4, 0.5) is 5.69 Å². The van der Waals surface area contributed by atoms with Crippen LogP contribution < -0.4 is 5.43 Å². The molecular formula is C17H22N2O3. The lowest BCUT2D eigenvalue weighted by Gasteiger charge is -2.10. The zero-order valence-electron chi connectivity index (χ0n) is 12.9. The van der Waals surface area contributed by atoms with Gasteiger partial charge in [-0.05, 0) is 50.5 Å². The summed E-state index contributed by atoms with van der Waals surface area (Å²) < 4.78 is 4.93. The van der Waals surface area contributed by atoms with Gasteiger partial charge in [-0.15, -0.1) is 0 Å². The number of nitrogens with zero attached hydrogens (tertiary/aromatic N) is 1. The predicted octanol–water partition coefficient (Wildman–Crippen LogP) is 3.55. The van der Waals surface area contributed by atoms with E-state index in [1.54, 1.807) is 31.2 Å². The van der Waals surface area contributed by atoms with E-state index in [1.165, 1.54) is 0 Å². The van der Waals surface area contributed by atoms with Gasteiger partial charge in [0, 0.05) is 6.42 Å². The zero-order chi connectivity index (χ0) is 15.8. The smallest absolute Gasteiger partial charge is 0.338 e. The van der Waals surface area contributed by atoms with Gasteiger partial charge in [-0.3, -0.25) is 10.2 Å². The molecular weight excluding hydrogens is 280 g/mol. The van der Waals surface area contributed by atoms with Crippen LogP contribution in [0, 0.1) is 0 Å². The molecule has 0 amide bonds. The number of esters is 1. The molecule has 0 unspecified atom stereocenters. The molecule has 2 rings (SSSR count). The van der Waals surface area contributed by atoms with Crippen LogP contribution in [-0.4, -0.2) is 24.1 Å². The maximum atomic E-state index is 12.0. The minimum Gasteiger partial charge on any atom is -0.462 e. The highest BCUT2D eigenvalue weighted by Gasteiger charge is 2.14. The highest BCUT2D eigenvalue weighted by molar-refractivity contribution is 6.39. The maximum Gasteiger partial charge on any atom is 0.338 e. The van der Waals surface area contributed by atoms with Gasteiger partial charge < -0.3 is 4.74 Å². The van der Waals surface area contributed by atoms with E-state index in [-0.39, 0.29) is 11.8 Å². The number of nitrogens with one attached hydrogen (secondary N) is 1. The lowest BCUT2D eigenvalue weighted by Crippen LogP contribution is -2.17. The van der Waals surface area contributed by atoms with Gasteiger partial charge in [0.15, 0.2) is 5.78 Å². The number of ether oxygens (including phenoxy) is 1. The Hall–Kier alpha value is -2.17. The first-order valence-corrected chi connectivity index (χ1v) is 7.83. The van der Waals surface area contributed by atoms with Crippen LogP contribution >= 0.6 is 0 Å². The van der Waals surface area contributed by atoms with E-state index in [2.05, 4.69) is 10.5 Å². The van der Waals surface area contributed by atoms with Crippen LogP contribution in [0.5, 0.6) is 0 Å². The fourth-order valence-electron chi connectivity index (χ4n) is 2.36. The van der Waals surface area contributed by atoms with Gasteiger partial charge in [0.1, 0.15) is 5.71 Å². The normalized spacial score (nSPS) is 17.7. The van der Waals surface area contributed by atoms with Gasteiger partial charge >= 0.3 is 5.97 Å². The molecule has 1 aliphatic rings. The molecule has 1 aromatic rings. The molecule has 22 heavy (non-hydrogen) atoms. The molecule has 0 spiro atoms. The van der Waals surface area contributed by atoms with Gasteiger partial charge in [0.05, 0.1) is 17.9 Å². The van der Waals surface area contributed by atoms with Crippen molar-refractivity contribution in [3.63, 3.8) is 0 Å². The summed E-state index contributed by atoms with van der Waals surface area (Å²) >= 11 is 0. The minimum atomic E-state index is -0.337. The second-order valence-electron chi connectivity index (χ2n) is 5.31. The first kappa shape index (κ1) is 16.2. The Labute approximate surface area is 130 Å². The third-order valence-corrected chi connectivity index (χ3v) is 3.61. The van der Waals surface area contributed by atoms with Gasteiger partial charge in [0.2, 0.25) is 0 Å². The van der Waals surface area contributed by atoms with Crippen molar-refractivity contribution in [2.75, 3.05) is 12.0 Å². The quantitative estimate of drug-likeness (QED) is 0.682. The van der Waals surface area contributed by atoms with Crippen LogP contribution in [0.3, 0.4) is 0 Å². The van der Waals surface area contributed by atoms with E-state index in [4.69, 9.17) is 4.74 Å². The molecule has 0 radical (unpaired) electrons. The second-order valence-corrected chi connectivity index (χ2v) is 5.31. The van der Waals surface area contributed by atoms with Crippen LogP contribution in [0.1, 0.15) is 55.8 Å². The van der Waals surface area contributed by atoms with Crippen LogP contribution in [0.15, 0.2) is 29.4 Å². The molecule has 0 aliphatic heterocycles. The Balaban J connectivity index is 1.99. The highest BCUT2D eigenvalue weighted by atomic mass is 16.5. The Morgan fingerprint density at radius 2 is 1.82 bits per heavy atom. The monoisotopic (exact) mass is 302 g/mol. The first-order chi connectivity index (χ1) is 10.7. The minimum absolute atomic E-state index is 0.135. The Morgan fingerprint density at radius 3 is 2.50 bits per heavy atom. The highest BCUT2D eigenvalue weighted by Crippen LogP contribution is 2.14. The number of rotatable bonds is 4. The number of anilines is 1. The van der Waals surface area contributed by atoms with Crippen molar-refractivity contribution in [3.05, 3.63) is 29.8 Å². The summed E-state index contributed by atoms with van der Waals surface area (Å²) in [6.45, 7) is 2.13. The zero-order valence-corrected chi connectivity index (χ0v) is 12.9. The summed E-state index contributed by atoms with van der Waals surface area (Å²) in [5.41, 5.74) is 4.77. The molecule has 1 N–H and O–H groups in total. The van der Waals surface area contributed by atoms with Crippen LogP contribution in [-0.2, 0) is 9.53 Å². The summed E-state index contributed by atoms with van der Waals surface area (Å²) in [7, 11) is 0. The second kappa shape index (κ2) is 8.32. The number of ketones is 1. The summed E-state index contributed by atoms with van der Waals surface area (Å²) in [5.74, 6) is -0.203. The lowest BCUT2D eigenvalue weighted by molar-refractivity contribution is -0.113. The van der Waals surface area contributed by atoms with Crippen molar-refractivity contribution >= 4 is 23.2 Å². The number of carbonyl (C=O) groups is 2. The molecule has 0 saturated heterocycles. The lowest BCUT2D eigenvalue weighted by atomic mass is 9.98. The standard InChI is InChI=1S/C17H22N2O3/c1-2-22-17(21)13-9-11-14(12-10-13)18-19-15-7-5-3-4-6-8-16(15)20/h9-12,18H,2-8H2,1H3. The van der Waals surface area contributed by atoms with Crippen molar-refractivity contribution < 1.29 is 14.3 Å². The molecule has 0 bridgehead atoms. The van der Waals surface area contributed by atoms with Gasteiger partial charge in [-0.1, -0.05) is 12.8 Å². The van der Waals surface area contributed by atoms with Crippen molar-refractivity contribution in [2.24, 2.45) is 5.10 Å². The van der Waals surface area contributed by atoms with Gasteiger partial charge in [0.25, 0.3) is 0 Å². The molecule has 0 aromatic heterocycles. The number of Topliss-reactive ketones (excluding diaryl/α,β-unsaturated/α-hetero) is 1. The summed E-state index contributed by atoms with van der Waals surface area (Å²) in [5, 5.41) is 4.25. The topological polar surface area (TPSA) is 67.8 Å². The fraction of sp³-hybridized carbons (Fsp3) is 0.471. The summed E-state index contributed by atoms with van der Waals surface area (Å²) in [6.07, 6.45) is 5.55. The van der Waals surface area contributed by atoms with E-state index >= 15 is 0 Å². The molecule has 5 nitrogen and oxygen atoms in total. The average molecular weight is 302 g/mol. The number of hydrazone groups is 1. The third-order valence-electron chi connectivity index (χ3n) is 3.61. The van der Waals surface area contributed by atoms with Gasteiger partial charge in [-0.2, -0.15) is 5.10 Å². The molecule has 1 aliphatic carbocycles. The number of benzene rings is 1. The van der Waals surface area contributed by atoms with Crippen molar-refractivity contribution in [1.29, 1.82) is 0 Å². The molecule has 0 atom stereocenters. The Kier molecular flexibility index (Phi) is 6.13. The fourth-order valence-corrected chi connectivity index (χ4v) is 2.36. The summed E-state index contributed by atoms with van der Waals surface area (Å²) in [4.78, 5) is 23.5. The van der Waals surface area contributed by atoms with Crippen molar-refractivity contribution in [3.8, 4) is 0 Å².